The van der Waals surface area contributed by atoms with Crippen molar-refractivity contribution in [1.29, 1.82) is 0 Å². The molecular formula is C11H13Cl3N2O. The number of carbonyl (C=O) groups excluding carboxylic acids is 1. The number of halogens is 3. The molecule has 0 unspecified atom stereocenters. The van der Waals surface area contributed by atoms with Crippen molar-refractivity contribution in [1.82, 2.24) is 0 Å². The highest BCUT2D eigenvalue weighted by molar-refractivity contribution is 6.44. The molecule has 94 valence electrons. The molecule has 1 amide bonds. The molecule has 0 aromatic heterocycles. The quantitative estimate of drug-likeness (QED) is 0.832. The van der Waals surface area contributed by atoms with Gasteiger partial charge in [0, 0.05) is 0 Å². The van der Waals surface area contributed by atoms with E-state index in [0.717, 1.165) is 6.42 Å². The summed E-state index contributed by atoms with van der Waals surface area (Å²) in [4.78, 5) is 11.7. The minimum absolute atomic E-state index is 0.285. The SMILES string of the molecule is CCC[C@H](N)C(=O)Nc1cc(Cl)c(Cl)cc1Cl. The van der Waals surface area contributed by atoms with Crippen molar-refractivity contribution in [3.05, 3.63) is 27.2 Å². The zero-order chi connectivity index (χ0) is 13.0. The smallest absolute Gasteiger partial charge is 0.241 e. The predicted molar refractivity (Wildman–Crippen MR) is 73.0 cm³/mol. The fraction of sp³-hybridized carbons (Fsp3) is 0.364. The lowest BCUT2D eigenvalue weighted by Gasteiger charge is -2.12. The molecule has 1 atom stereocenters. The number of hydrogen-bond donors (Lipinski definition) is 2. The van der Waals surface area contributed by atoms with Gasteiger partial charge in [0.15, 0.2) is 0 Å². The summed E-state index contributed by atoms with van der Waals surface area (Å²) in [6, 6.07) is 2.43. The molecule has 0 spiro atoms. The van der Waals surface area contributed by atoms with Gasteiger partial charge in [-0.3, -0.25) is 4.79 Å². The Morgan fingerprint density at radius 3 is 2.47 bits per heavy atom. The first kappa shape index (κ1) is 14.6. The van der Waals surface area contributed by atoms with Gasteiger partial charge in [0.1, 0.15) is 0 Å². The molecule has 0 heterocycles. The number of rotatable bonds is 4. The average molecular weight is 296 g/mol. The van der Waals surface area contributed by atoms with Gasteiger partial charge < -0.3 is 11.1 Å². The average Bonchev–Trinajstić information content (AvgIpc) is 2.26. The van der Waals surface area contributed by atoms with Crippen molar-refractivity contribution in [2.24, 2.45) is 5.73 Å². The van der Waals surface area contributed by atoms with E-state index in [1.807, 2.05) is 6.92 Å². The van der Waals surface area contributed by atoms with Crippen LogP contribution in [0.5, 0.6) is 0 Å². The maximum Gasteiger partial charge on any atom is 0.241 e. The molecule has 0 saturated heterocycles. The van der Waals surface area contributed by atoms with Crippen molar-refractivity contribution in [2.45, 2.75) is 25.8 Å². The van der Waals surface area contributed by atoms with Crippen LogP contribution in [0.25, 0.3) is 0 Å². The van der Waals surface area contributed by atoms with E-state index >= 15 is 0 Å². The van der Waals surface area contributed by atoms with Gasteiger partial charge >= 0.3 is 0 Å². The largest absolute Gasteiger partial charge is 0.323 e. The fourth-order valence-corrected chi connectivity index (χ4v) is 1.88. The third-order valence-electron chi connectivity index (χ3n) is 2.20. The summed E-state index contributed by atoms with van der Waals surface area (Å²) in [6.07, 6.45) is 1.45. The van der Waals surface area contributed by atoms with E-state index in [1.165, 1.54) is 12.1 Å². The second-order valence-corrected chi connectivity index (χ2v) is 4.85. The first-order valence-electron chi connectivity index (χ1n) is 5.16. The molecule has 3 nitrogen and oxygen atoms in total. The fourth-order valence-electron chi connectivity index (χ4n) is 1.29. The normalized spacial score (nSPS) is 12.3. The summed E-state index contributed by atoms with van der Waals surface area (Å²) >= 11 is 17.5. The molecule has 0 bridgehead atoms. The van der Waals surface area contributed by atoms with Crippen LogP contribution >= 0.6 is 34.8 Å². The van der Waals surface area contributed by atoms with Gasteiger partial charge in [0.2, 0.25) is 5.91 Å². The second kappa shape index (κ2) is 6.45. The van der Waals surface area contributed by atoms with E-state index in [2.05, 4.69) is 5.32 Å². The Balaban J connectivity index is 2.81. The van der Waals surface area contributed by atoms with Crippen LogP contribution in [0.15, 0.2) is 12.1 Å². The molecule has 6 heteroatoms. The van der Waals surface area contributed by atoms with Crippen LogP contribution in [0, 0.1) is 0 Å². The van der Waals surface area contributed by atoms with Gasteiger partial charge in [0.05, 0.1) is 26.8 Å². The predicted octanol–water partition coefficient (Wildman–Crippen LogP) is 3.71. The Bertz CT molecular complexity index is 423. The third-order valence-corrected chi connectivity index (χ3v) is 3.24. The number of amides is 1. The van der Waals surface area contributed by atoms with Gasteiger partial charge in [-0.1, -0.05) is 48.1 Å². The highest BCUT2D eigenvalue weighted by atomic mass is 35.5. The van der Waals surface area contributed by atoms with Crippen molar-refractivity contribution in [3.8, 4) is 0 Å². The summed E-state index contributed by atoms with van der Waals surface area (Å²) in [7, 11) is 0. The minimum atomic E-state index is -0.550. The number of hydrogen-bond acceptors (Lipinski definition) is 2. The summed E-state index contributed by atoms with van der Waals surface area (Å²) in [5.74, 6) is -0.285. The van der Waals surface area contributed by atoms with Crippen LogP contribution in [-0.2, 0) is 4.79 Å². The third kappa shape index (κ3) is 4.03. The zero-order valence-corrected chi connectivity index (χ0v) is 11.5. The zero-order valence-electron chi connectivity index (χ0n) is 9.27. The Labute approximate surface area is 115 Å². The molecule has 0 aliphatic heterocycles. The van der Waals surface area contributed by atoms with Crippen LogP contribution in [0.4, 0.5) is 5.69 Å². The monoisotopic (exact) mass is 294 g/mol. The first-order chi connectivity index (χ1) is 7.95. The summed E-state index contributed by atoms with van der Waals surface area (Å²) in [6.45, 7) is 1.96. The molecule has 1 aromatic carbocycles. The molecule has 0 fully saturated rings. The molecule has 0 saturated carbocycles. The van der Waals surface area contributed by atoms with Crippen LogP contribution in [0.1, 0.15) is 19.8 Å². The molecule has 0 radical (unpaired) electrons. The lowest BCUT2D eigenvalue weighted by atomic mass is 10.1. The van der Waals surface area contributed by atoms with Crippen molar-refractivity contribution in [2.75, 3.05) is 5.32 Å². The van der Waals surface area contributed by atoms with E-state index in [1.54, 1.807) is 0 Å². The highest BCUT2D eigenvalue weighted by Gasteiger charge is 2.14. The summed E-state index contributed by atoms with van der Waals surface area (Å²) in [5, 5.41) is 3.62. The molecule has 1 rings (SSSR count). The topological polar surface area (TPSA) is 55.1 Å². The molecule has 0 aliphatic rings. The lowest BCUT2D eigenvalue weighted by molar-refractivity contribution is -0.117. The van der Waals surface area contributed by atoms with E-state index in [9.17, 15) is 4.79 Å². The van der Waals surface area contributed by atoms with Gasteiger partial charge in [0.25, 0.3) is 0 Å². The van der Waals surface area contributed by atoms with E-state index < -0.39 is 6.04 Å². The number of nitrogens with two attached hydrogens (primary N) is 1. The number of carbonyl (C=O) groups is 1. The van der Waals surface area contributed by atoms with Gasteiger partial charge in [-0.2, -0.15) is 0 Å². The Hall–Kier alpha value is -0.480. The molecular weight excluding hydrogens is 282 g/mol. The first-order valence-corrected chi connectivity index (χ1v) is 6.30. The number of anilines is 1. The van der Waals surface area contributed by atoms with Crippen molar-refractivity contribution in [3.63, 3.8) is 0 Å². The maximum atomic E-state index is 11.7. The Kier molecular flexibility index (Phi) is 5.53. The van der Waals surface area contributed by atoms with Gasteiger partial charge in [-0.25, -0.2) is 0 Å². The van der Waals surface area contributed by atoms with Gasteiger partial charge in [-0.05, 0) is 18.6 Å². The Morgan fingerprint density at radius 2 is 1.88 bits per heavy atom. The standard InChI is InChI=1S/C11H13Cl3N2O/c1-2-3-9(15)11(17)16-10-5-7(13)6(12)4-8(10)14/h4-5,9H,2-3,15H2,1H3,(H,16,17)/t9-/m0/s1. The lowest BCUT2D eigenvalue weighted by Crippen LogP contribution is -2.35. The second-order valence-electron chi connectivity index (χ2n) is 3.63. The molecule has 3 N–H and O–H groups in total. The number of benzene rings is 1. The van der Waals surface area contributed by atoms with Crippen molar-refractivity contribution < 1.29 is 4.79 Å². The molecule has 1 aromatic rings. The number of nitrogens with one attached hydrogen (secondary N) is 1. The summed E-state index contributed by atoms with van der Waals surface area (Å²) in [5.41, 5.74) is 6.09. The van der Waals surface area contributed by atoms with Crippen LogP contribution < -0.4 is 11.1 Å². The minimum Gasteiger partial charge on any atom is -0.323 e. The summed E-state index contributed by atoms with van der Waals surface area (Å²) < 4.78 is 0. The van der Waals surface area contributed by atoms with Gasteiger partial charge in [-0.15, -0.1) is 0 Å². The van der Waals surface area contributed by atoms with Crippen molar-refractivity contribution >= 4 is 46.4 Å². The Morgan fingerprint density at radius 1 is 1.29 bits per heavy atom. The maximum absolute atomic E-state index is 11.7. The van der Waals surface area contributed by atoms with E-state index in [-0.39, 0.29) is 5.91 Å². The molecule has 0 aliphatic carbocycles. The van der Waals surface area contributed by atoms with E-state index in [4.69, 9.17) is 40.5 Å². The van der Waals surface area contributed by atoms with E-state index in [0.29, 0.717) is 27.2 Å². The molecule has 17 heavy (non-hydrogen) atoms. The highest BCUT2D eigenvalue weighted by Crippen LogP contribution is 2.32. The van der Waals surface area contributed by atoms with Crippen LogP contribution in [-0.4, -0.2) is 11.9 Å². The van der Waals surface area contributed by atoms with Crippen LogP contribution in [0.3, 0.4) is 0 Å². The van der Waals surface area contributed by atoms with Crippen LogP contribution in [0.2, 0.25) is 15.1 Å².